The normalized spacial score (nSPS) is 9.96. The highest BCUT2D eigenvalue weighted by molar-refractivity contribution is 5.92. The standard InChI is InChI=1S/C18H23N3O3.ClH/c1-13-9-12-24-17(13)18(23)21-11-4-10-20-16(22)8-7-14-5-2-3-6-15(14)19;/h2-3,5-6,9,12H,4,7-8,10-11,19H2,1H3,(H,20,22)(H,21,23);1H. The van der Waals surface area contributed by atoms with Gasteiger partial charge in [-0.1, -0.05) is 18.2 Å². The first-order chi connectivity index (χ1) is 11.6. The Balaban J connectivity index is 0.00000312. The first-order valence-electron chi connectivity index (χ1n) is 8.00. The molecule has 136 valence electrons. The average Bonchev–Trinajstić information content (AvgIpc) is 3.00. The fraction of sp³-hybridized carbons (Fsp3) is 0.333. The lowest BCUT2D eigenvalue weighted by molar-refractivity contribution is -0.121. The molecule has 0 unspecified atom stereocenters. The molecule has 0 bridgehead atoms. The zero-order valence-electron chi connectivity index (χ0n) is 14.2. The zero-order valence-corrected chi connectivity index (χ0v) is 15.0. The Labute approximate surface area is 153 Å². The van der Waals surface area contributed by atoms with Crippen LogP contribution in [0.3, 0.4) is 0 Å². The molecule has 0 saturated heterocycles. The van der Waals surface area contributed by atoms with Crippen LogP contribution in [0.5, 0.6) is 0 Å². The van der Waals surface area contributed by atoms with Gasteiger partial charge in [0, 0.05) is 30.8 Å². The highest BCUT2D eigenvalue weighted by Gasteiger charge is 2.11. The van der Waals surface area contributed by atoms with Crippen LogP contribution in [0.4, 0.5) is 5.69 Å². The number of carbonyl (C=O) groups excluding carboxylic acids is 2. The molecule has 2 rings (SSSR count). The minimum Gasteiger partial charge on any atom is -0.459 e. The third-order valence-electron chi connectivity index (χ3n) is 3.71. The number of nitrogens with two attached hydrogens (primary N) is 1. The summed E-state index contributed by atoms with van der Waals surface area (Å²) in [6, 6.07) is 9.28. The third kappa shape index (κ3) is 6.51. The predicted molar refractivity (Wildman–Crippen MR) is 99.8 cm³/mol. The van der Waals surface area contributed by atoms with E-state index in [1.54, 1.807) is 6.07 Å². The van der Waals surface area contributed by atoms with Crippen molar-refractivity contribution in [2.24, 2.45) is 0 Å². The number of benzene rings is 1. The molecule has 4 N–H and O–H groups in total. The van der Waals surface area contributed by atoms with Gasteiger partial charge >= 0.3 is 0 Å². The van der Waals surface area contributed by atoms with Crippen molar-refractivity contribution in [1.29, 1.82) is 0 Å². The lowest BCUT2D eigenvalue weighted by atomic mass is 10.1. The molecule has 0 fully saturated rings. The van der Waals surface area contributed by atoms with Crippen molar-refractivity contribution in [2.75, 3.05) is 18.8 Å². The van der Waals surface area contributed by atoms with Gasteiger partial charge in [-0.05, 0) is 37.5 Å². The van der Waals surface area contributed by atoms with Crippen LogP contribution in [0, 0.1) is 6.92 Å². The van der Waals surface area contributed by atoms with Gasteiger partial charge in [-0.3, -0.25) is 9.59 Å². The Morgan fingerprint density at radius 3 is 2.52 bits per heavy atom. The van der Waals surface area contributed by atoms with E-state index in [4.69, 9.17) is 10.2 Å². The van der Waals surface area contributed by atoms with Gasteiger partial charge in [0.05, 0.1) is 6.26 Å². The molecular weight excluding hydrogens is 342 g/mol. The zero-order chi connectivity index (χ0) is 17.4. The van der Waals surface area contributed by atoms with E-state index >= 15 is 0 Å². The van der Waals surface area contributed by atoms with Gasteiger partial charge in [-0.15, -0.1) is 12.4 Å². The predicted octanol–water partition coefficient (Wildman–Crippen LogP) is 2.46. The van der Waals surface area contributed by atoms with E-state index in [1.807, 2.05) is 31.2 Å². The Morgan fingerprint density at radius 2 is 1.84 bits per heavy atom. The maximum Gasteiger partial charge on any atom is 0.287 e. The highest BCUT2D eigenvalue weighted by atomic mass is 35.5. The fourth-order valence-electron chi connectivity index (χ4n) is 2.30. The van der Waals surface area contributed by atoms with Gasteiger partial charge in [-0.25, -0.2) is 0 Å². The Bertz CT molecular complexity index is 700. The number of amides is 2. The summed E-state index contributed by atoms with van der Waals surface area (Å²) in [5.41, 5.74) is 8.34. The number of halogens is 1. The summed E-state index contributed by atoms with van der Waals surface area (Å²) >= 11 is 0. The van der Waals surface area contributed by atoms with Crippen molar-refractivity contribution in [1.82, 2.24) is 10.6 Å². The number of hydrogen-bond acceptors (Lipinski definition) is 4. The first-order valence-corrected chi connectivity index (χ1v) is 8.00. The van der Waals surface area contributed by atoms with Gasteiger partial charge in [-0.2, -0.15) is 0 Å². The van der Waals surface area contributed by atoms with E-state index in [9.17, 15) is 9.59 Å². The second kappa shape index (κ2) is 10.4. The summed E-state index contributed by atoms with van der Waals surface area (Å²) in [6.07, 6.45) is 3.16. The Hall–Kier alpha value is -2.47. The maximum atomic E-state index is 11.8. The fourth-order valence-corrected chi connectivity index (χ4v) is 2.30. The average molecular weight is 366 g/mol. The number of para-hydroxylation sites is 1. The SMILES string of the molecule is Cc1ccoc1C(=O)NCCCNC(=O)CCc1ccccc1N.Cl. The second-order valence-electron chi connectivity index (χ2n) is 5.59. The van der Waals surface area contributed by atoms with Gasteiger partial charge in [0.15, 0.2) is 5.76 Å². The molecule has 6 nitrogen and oxygen atoms in total. The van der Waals surface area contributed by atoms with Crippen LogP contribution in [0.25, 0.3) is 0 Å². The summed E-state index contributed by atoms with van der Waals surface area (Å²) in [5, 5.41) is 5.60. The topological polar surface area (TPSA) is 97.4 Å². The summed E-state index contributed by atoms with van der Waals surface area (Å²) in [4.78, 5) is 23.6. The monoisotopic (exact) mass is 365 g/mol. The largest absolute Gasteiger partial charge is 0.459 e. The van der Waals surface area contributed by atoms with Crippen molar-refractivity contribution in [3.05, 3.63) is 53.5 Å². The Kier molecular flexibility index (Phi) is 8.56. The van der Waals surface area contributed by atoms with Crippen LogP contribution in [0.15, 0.2) is 41.0 Å². The molecule has 1 aromatic heterocycles. The van der Waals surface area contributed by atoms with Crippen LogP contribution < -0.4 is 16.4 Å². The molecule has 25 heavy (non-hydrogen) atoms. The van der Waals surface area contributed by atoms with Crippen molar-refractivity contribution >= 4 is 29.9 Å². The molecule has 0 aliphatic heterocycles. The Morgan fingerprint density at radius 1 is 1.12 bits per heavy atom. The highest BCUT2D eigenvalue weighted by Crippen LogP contribution is 2.12. The van der Waals surface area contributed by atoms with E-state index < -0.39 is 0 Å². The molecule has 0 spiro atoms. The molecule has 1 aromatic carbocycles. The van der Waals surface area contributed by atoms with Crippen LogP contribution in [0.2, 0.25) is 0 Å². The molecule has 0 aliphatic rings. The molecule has 0 saturated carbocycles. The number of nitrogens with one attached hydrogen (secondary N) is 2. The number of rotatable bonds is 8. The summed E-state index contributed by atoms with van der Waals surface area (Å²) in [5.74, 6) is 0.0781. The molecule has 7 heteroatoms. The summed E-state index contributed by atoms with van der Waals surface area (Å²) < 4.78 is 5.11. The van der Waals surface area contributed by atoms with Crippen molar-refractivity contribution in [3.8, 4) is 0 Å². The number of furan rings is 1. The lowest BCUT2D eigenvalue weighted by Gasteiger charge is -2.07. The number of nitrogen functional groups attached to an aromatic ring is 1. The molecule has 2 amide bonds. The maximum absolute atomic E-state index is 11.8. The van der Waals surface area contributed by atoms with Crippen LogP contribution >= 0.6 is 12.4 Å². The van der Waals surface area contributed by atoms with Gasteiger partial charge in [0.25, 0.3) is 5.91 Å². The molecular formula is C18H24ClN3O3. The molecule has 0 radical (unpaired) electrons. The molecule has 1 heterocycles. The van der Waals surface area contributed by atoms with Crippen molar-refractivity contribution in [2.45, 2.75) is 26.2 Å². The van der Waals surface area contributed by atoms with Crippen LogP contribution in [0.1, 0.15) is 34.5 Å². The summed E-state index contributed by atoms with van der Waals surface area (Å²) in [6.45, 7) is 2.81. The minimum atomic E-state index is -0.233. The van der Waals surface area contributed by atoms with E-state index in [0.29, 0.717) is 43.8 Å². The molecule has 0 atom stereocenters. The van der Waals surface area contributed by atoms with E-state index in [0.717, 1.165) is 11.1 Å². The number of anilines is 1. The third-order valence-corrected chi connectivity index (χ3v) is 3.71. The lowest BCUT2D eigenvalue weighted by Crippen LogP contribution is -2.30. The van der Waals surface area contributed by atoms with Gasteiger partial charge in [0.2, 0.25) is 5.91 Å². The quantitative estimate of drug-likeness (QED) is 0.494. The smallest absolute Gasteiger partial charge is 0.287 e. The van der Waals surface area contributed by atoms with Crippen molar-refractivity contribution in [3.63, 3.8) is 0 Å². The number of aryl methyl sites for hydroxylation is 2. The van der Waals surface area contributed by atoms with E-state index in [-0.39, 0.29) is 24.2 Å². The van der Waals surface area contributed by atoms with E-state index in [1.165, 1.54) is 6.26 Å². The number of carbonyl (C=O) groups is 2. The van der Waals surface area contributed by atoms with E-state index in [2.05, 4.69) is 10.6 Å². The minimum absolute atomic E-state index is 0. The van der Waals surface area contributed by atoms with Crippen LogP contribution in [-0.4, -0.2) is 24.9 Å². The van der Waals surface area contributed by atoms with Crippen molar-refractivity contribution < 1.29 is 14.0 Å². The number of hydrogen-bond donors (Lipinski definition) is 3. The van der Waals surface area contributed by atoms with Gasteiger partial charge in [0.1, 0.15) is 0 Å². The second-order valence-corrected chi connectivity index (χ2v) is 5.59. The molecule has 2 aromatic rings. The van der Waals surface area contributed by atoms with Crippen LogP contribution in [-0.2, 0) is 11.2 Å². The summed E-state index contributed by atoms with van der Waals surface area (Å²) in [7, 11) is 0. The molecule has 0 aliphatic carbocycles. The van der Waals surface area contributed by atoms with Gasteiger partial charge < -0.3 is 20.8 Å². The first kappa shape index (κ1) is 20.6.